The molecule has 1 aromatic carbocycles. The Balaban J connectivity index is 1.68. The lowest BCUT2D eigenvalue weighted by atomic mass is 10.2. The summed E-state index contributed by atoms with van der Waals surface area (Å²) in [6.07, 6.45) is 9.99. The maximum atomic E-state index is 15.4. The zero-order chi connectivity index (χ0) is 24.5. The third-order valence-electron chi connectivity index (χ3n) is 5.34. The number of imidazole rings is 1. The Morgan fingerprint density at radius 3 is 2.43 bits per heavy atom. The van der Waals surface area contributed by atoms with Gasteiger partial charge >= 0.3 is 0 Å². The van der Waals surface area contributed by atoms with Crippen LogP contribution in [-0.2, 0) is 13.6 Å². The Morgan fingerprint density at radius 2 is 1.80 bits per heavy atom. The van der Waals surface area contributed by atoms with Gasteiger partial charge < -0.3 is 19.0 Å². The van der Waals surface area contributed by atoms with Gasteiger partial charge in [-0.05, 0) is 6.07 Å². The van der Waals surface area contributed by atoms with Gasteiger partial charge in [0.25, 0.3) is 0 Å². The number of ether oxygens (including phenoxy) is 2. The summed E-state index contributed by atoms with van der Waals surface area (Å²) in [7, 11) is 4.46. The van der Waals surface area contributed by atoms with E-state index in [9.17, 15) is 0 Å². The Kier molecular flexibility index (Phi) is 5.69. The molecule has 0 saturated heterocycles. The molecule has 0 saturated carbocycles. The van der Waals surface area contributed by atoms with E-state index >= 15 is 8.78 Å². The molecule has 0 spiro atoms. The average molecular weight is 478 g/mol. The Labute approximate surface area is 198 Å². The van der Waals surface area contributed by atoms with E-state index in [0.29, 0.717) is 17.0 Å². The van der Waals surface area contributed by atoms with Gasteiger partial charge in [-0.25, -0.2) is 28.7 Å². The van der Waals surface area contributed by atoms with E-state index < -0.39 is 17.3 Å². The number of rotatable bonds is 7. The number of aryl methyl sites for hydroxylation is 1. The lowest BCUT2D eigenvalue weighted by molar-refractivity contribution is 0.358. The van der Waals surface area contributed by atoms with Crippen LogP contribution in [0.2, 0.25) is 0 Å². The van der Waals surface area contributed by atoms with Gasteiger partial charge in [-0.3, -0.25) is 4.90 Å². The van der Waals surface area contributed by atoms with Crippen LogP contribution in [0.5, 0.6) is 11.5 Å². The highest BCUT2D eigenvalue weighted by molar-refractivity contribution is 5.75. The van der Waals surface area contributed by atoms with Crippen molar-refractivity contribution in [3.8, 4) is 22.8 Å². The number of hydrogen-bond donors (Lipinski definition) is 1. The van der Waals surface area contributed by atoms with E-state index in [1.165, 1.54) is 31.5 Å². The zero-order valence-corrected chi connectivity index (χ0v) is 19.0. The fourth-order valence-electron chi connectivity index (χ4n) is 3.62. The monoisotopic (exact) mass is 478 g/mol. The zero-order valence-electron chi connectivity index (χ0n) is 19.0. The average Bonchev–Trinajstić information content (AvgIpc) is 3.55. The maximum Gasteiger partial charge on any atom is 0.232 e. The van der Waals surface area contributed by atoms with Gasteiger partial charge in [0.15, 0.2) is 28.8 Å². The van der Waals surface area contributed by atoms with Crippen LogP contribution in [0.3, 0.4) is 0 Å². The van der Waals surface area contributed by atoms with Crippen LogP contribution < -0.4 is 14.4 Å². The summed E-state index contributed by atoms with van der Waals surface area (Å²) < 4.78 is 43.0. The molecule has 0 amide bonds. The van der Waals surface area contributed by atoms with Crippen LogP contribution in [0.25, 0.3) is 22.4 Å². The molecule has 0 aliphatic carbocycles. The molecule has 1 N–H and O–H groups in total. The largest absolute Gasteiger partial charge is 0.493 e. The van der Waals surface area contributed by atoms with Crippen LogP contribution in [0, 0.1) is 11.6 Å². The number of fused-ring (bicyclic) bond motifs is 1. The summed E-state index contributed by atoms with van der Waals surface area (Å²) >= 11 is 0. The molecule has 4 heterocycles. The molecular formula is C23H20F2N8O2. The van der Waals surface area contributed by atoms with Crippen molar-refractivity contribution >= 4 is 22.8 Å². The summed E-state index contributed by atoms with van der Waals surface area (Å²) in [5.41, 5.74) is 1.68. The first-order valence-corrected chi connectivity index (χ1v) is 10.5. The fraction of sp³-hybridized carbons (Fsp3) is 0.174. The van der Waals surface area contributed by atoms with Crippen LogP contribution in [0.1, 0.15) is 5.82 Å². The summed E-state index contributed by atoms with van der Waals surface area (Å²) in [5, 5.41) is 0. The van der Waals surface area contributed by atoms with Crippen LogP contribution in [-0.4, -0.2) is 48.7 Å². The number of aromatic nitrogens is 7. The van der Waals surface area contributed by atoms with E-state index in [-0.39, 0.29) is 29.6 Å². The van der Waals surface area contributed by atoms with Crippen LogP contribution in [0.4, 0.5) is 20.4 Å². The topological polar surface area (TPSA) is 107 Å². The van der Waals surface area contributed by atoms with E-state index in [4.69, 9.17) is 9.47 Å². The second kappa shape index (κ2) is 8.97. The molecule has 4 aromatic heterocycles. The number of anilines is 2. The van der Waals surface area contributed by atoms with Gasteiger partial charge in [-0.2, -0.15) is 4.98 Å². The fourth-order valence-corrected chi connectivity index (χ4v) is 3.62. The van der Waals surface area contributed by atoms with Gasteiger partial charge in [0.1, 0.15) is 17.0 Å². The Bertz CT molecular complexity index is 1480. The second-order valence-corrected chi connectivity index (χ2v) is 7.58. The molecule has 0 radical (unpaired) electrons. The smallest absolute Gasteiger partial charge is 0.232 e. The van der Waals surface area contributed by atoms with E-state index in [1.807, 2.05) is 30.1 Å². The summed E-state index contributed by atoms with van der Waals surface area (Å²) in [6, 6.07) is 3.03. The van der Waals surface area contributed by atoms with Crippen molar-refractivity contribution in [2.45, 2.75) is 6.54 Å². The van der Waals surface area contributed by atoms with E-state index in [0.717, 1.165) is 11.6 Å². The van der Waals surface area contributed by atoms with Crippen molar-refractivity contribution in [3.63, 3.8) is 0 Å². The first kappa shape index (κ1) is 22.2. The molecule has 0 aliphatic heterocycles. The highest BCUT2D eigenvalue weighted by Crippen LogP contribution is 2.40. The molecule has 5 aromatic rings. The van der Waals surface area contributed by atoms with Crippen molar-refractivity contribution < 1.29 is 18.3 Å². The lowest BCUT2D eigenvalue weighted by Crippen LogP contribution is -2.23. The maximum absolute atomic E-state index is 15.4. The van der Waals surface area contributed by atoms with Crippen molar-refractivity contribution in [2.24, 2.45) is 7.05 Å². The SMILES string of the molecule is COc1cc(OC)c(F)c(N(Cc2ncc[nH]2)c2ncc3ncc(-c4ccn(C)c4)nc3n2)c1F. The number of aromatic amines is 1. The normalized spacial score (nSPS) is 11.1. The van der Waals surface area contributed by atoms with Crippen LogP contribution in [0.15, 0.2) is 49.3 Å². The highest BCUT2D eigenvalue weighted by atomic mass is 19.1. The number of nitrogens with zero attached hydrogens (tertiary/aromatic N) is 7. The summed E-state index contributed by atoms with van der Waals surface area (Å²) in [5.74, 6) is -1.86. The third kappa shape index (κ3) is 4.09. The molecule has 5 rings (SSSR count). The molecule has 0 bridgehead atoms. The third-order valence-corrected chi connectivity index (χ3v) is 5.34. The first-order chi connectivity index (χ1) is 17.0. The molecule has 0 aliphatic rings. The number of H-pyrrole nitrogens is 1. The first-order valence-electron chi connectivity index (χ1n) is 10.5. The minimum atomic E-state index is -0.940. The number of methoxy groups -OCH3 is 2. The minimum absolute atomic E-state index is 0.0125. The Morgan fingerprint density at radius 1 is 1.03 bits per heavy atom. The minimum Gasteiger partial charge on any atom is -0.493 e. The van der Waals surface area contributed by atoms with Crippen molar-refractivity contribution in [1.82, 2.24) is 34.5 Å². The predicted molar refractivity (Wildman–Crippen MR) is 123 cm³/mol. The number of nitrogens with one attached hydrogen (secondary N) is 1. The van der Waals surface area contributed by atoms with Gasteiger partial charge in [-0.1, -0.05) is 0 Å². The van der Waals surface area contributed by atoms with Gasteiger partial charge in [-0.15, -0.1) is 0 Å². The molecule has 10 nitrogen and oxygen atoms in total. The number of hydrogen-bond acceptors (Lipinski definition) is 8. The van der Waals surface area contributed by atoms with Gasteiger partial charge in [0.2, 0.25) is 5.95 Å². The quantitative estimate of drug-likeness (QED) is 0.377. The molecular weight excluding hydrogens is 458 g/mol. The van der Waals surface area contributed by atoms with Crippen LogP contribution >= 0.6 is 0 Å². The van der Waals surface area contributed by atoms with Crippen molar-refractivity contribution in [3.05, 3.63) is 66.8 Å². The summed E-state index contributed by atoms with van der Waals surface area (Å²) in [6.45, 7) is -0.0749. The molecule has 178 valence electrons. The summed E-state index contributed by atoms with van der Waals surface area (Å²) in [4.78, 5) is 26.1. The predicted octanol–water partition coefficient (Wildman–Crippen LogP) is 3.78. The van der Waals surface area contributed by atoms with E-state index in [1.54, 1.807) is 12.4 Å². The molecule has 0 atom stereocenters. The van der Waals surface area contributed by atoms with E-state index in [2.05, 4.69) is 29.9 Å². The lowest BCUT2D eigenvalue weighted by Gasteiger charge is -2.24. The van der Waals surface area contributed by atoms with Crippen molar-refractivity contribution in [1.29, 1.82) is 0 Å². The Hall–Kier alpha value is -4.61. The molecule has 35 heavy (non-hydrogen) atoms. The second-order valence-electron chi connectivity index (χ2n) is 7.58. The molecule has 0 fully saturated rings. The number of benzene rings is 1. The van der Waals surface area contributed by atoms with Gasteiger partial charge in [0, 0.05) is 43.5 Å². The van der Waals surface area contributed by atoms with Gasteiger partial charge in [0.05, 0.1) is 38.9 Å². The number of halogens is 2. The van der Waals surface area contributed by atoms with Crippen molar-refractivity contribution in [2.75, 3.05) is 19.1 Å². The molecule has 12 heteroatoms. The standard InChI is InChI=1S/C23H20F2N8O2/c1-32-7-4-13(11-32)14-9-28-15-10-29-23(31-22(15)30-14)33(12-18-26-5-6-27-18)21-19(24)16(34-2)8-17(35-3)20(21)25/h4-11H,12H2,1-3H3,(H,26,27). The molecule has 0 unspecified atom stereocenters. The highest BCUT2D eigenvalue weighted by Gasteiger charge is 2.28.